The highest BCUT2D eigenvalue weighted by Gasteiger charge is 2.35. The van der Waals surface area contributed by atoms with Gasteiger partial charge in [0.15, 0.2) is 17.3 Å². The highest BCUT2D eigenvalue weighted by Crippen LogP contribution is 2.32. The molecule has 31 heavy (non-hydrogen) atoms. The van der Waals surface area contributed by atoms with Gasteiger partial charge in [-0.25, -0.2) is 9.97 Å². The Morgan fingerprint density at radius 2 is 1.87 bits per heavy atom. The summed E-state index contributed by atoms with van der Waals surface area (Å²) in [6, 6.07) is 5.89. The lowest BCUT2D eigenvalue weighted by Crippen LogP contribution is -2.47. The van der Waals surface area contributed by atoms with Crippen LogP contribution in [0.15, 0.2) is 35.0 Å². The molecule has 0 bridgehead atoms. The third-order valence-corrected chi connectivity index (χ3v) is 5.24. The first-order chi connectivity index (χ1) is 14.8. The van der Waals surface area contributed by atoms with E-state index in [2.05, 4.69) is 30.0 Å². The summed E-state index contributed by atoms with van der Waals surface area (Å²) >= 11 is 0. The second kappa shape index (κ2) is 8.58. The Balaban J connectivity index is 1.53. The Kier molecular flexibility index (Phi) is 5.86. The summed E-state index contributed by atoms with van der Waals surface area (Å²) in [5.74, 6) is 1.40. The van der Waals surface area contributed by atoms with Gasteiger partial charge in [0.25, 0.3) is 0 Å². The van der Waals surface area contributed by atoms with E-state index in [9.17, 15) is 13.2 Å². The standard InChI is InChI=1S/C20H22F3N7O/c1-3-16-26-19(31-28-16)13(2)29-8-10-30(11-9-29)17-12-15(20(21,22)23)25-18(27-17)14-6-4-5-7-24-14/h4-7,12-13H,3,8-11H2,1-2H3. The minimum atomic E-state index is -4.58. The van der Waals surface area contributed by atoms with E-state index in [1.807, 2.05) is 18.7 Å². The predicted molar refractivity (Wildman–Crippen MR) is 106 cm³/mol. The molecular formula is C20H22F3N7O. The molecule has 0 aliphatic carbocycles. The second-order valence-corrected chi connectivity index (χ2v) is 7.25. The molecule has 3 aromatic heterocycles. The average Bonchev–Trinajstić information content (AvgIpc) is 3.28. The van der Waals surface area contributed by atoms with Gasteiger partial charge in [0, 0.05) is 44.9 Å². The largest absolute Gasteiger partial charge is 0.433 e. The molecule has 0 saturated carbocycles. The van der Waals surface area contributed by atoms with E-state index >= 15 is 0 Å². The lowest BCUT2D eigenvalue weighted by Gasteiger charge is -2.37. The van der Waals surface area contributed by atoms with E-state index in [0.29, 0.717) is 50.0 Å². The third kappa shape index (κ3) is 4.66. The van der Waals surface area contributed by atoms with Gasteiger partial charge in [-0.3, -0.25) is 9.88 Å². The van der Waals surface area contributed by atoms with Crippen molar-refractivity contribution >= 4 is 5.82 Å². The number of aryl methyl sites for hydroxylation is 1. The maximum absolute atomic E-state index is 13.5. The fourth-order valence-corrected chi connectivity index (χ4v) is 3.43. The molecule has 11 heteroatoms. The summed E-state index contributed by atoms with van der Waals surface area (Å²) in [6.07, 6.45) is -2.38. The molecule has 164 valence electrons. The molecule has 1 fully saturated rings. The minimum absolute atomic E-state index is 0.0424. The van der Waals surface area contributed by atoms with Crippen LogP contribution in [0.1, 0.15) is 37.3 Å². The van der Waals surface area contributed by atoms with Crippen LogP contribution in [-0.4, -0.2) is 56.2 Å². The molecule has 0 amide bonds. The smallest absolute Gasteiger partial charge is 0.354 e. The molecule has 0 N–H and O–H groups in total. The van der Waals surface area contributed by atoms with Crippen molar-refractivity contribution in [2.24, 2.45) is 0 Å². The molecule has 1 aliphatic rings. The first kappa shape index (κ1) is 21.2. The van der Waals surface area contributed by atoms with Crippen LogP contribution in [0, 0.1) is 0 Å². The van der Waals surface area contributed by atoms with Crippen LogP contribution in [0.5, 0.6) is 0 Å². The van der Waals surface area contributed by atoms with Crippen molar-refractivity contribution in [3.05, 3.63) is 47.9 Å². The Morgan fingerprint density at radius 3 is 2.48 bits per heavy atom. The van der Waals surface area contributed by atoms with Crippen molar-refractivity contribution in [3.8, 4) is 11.5 Å². The summed E-state index contributed by atoms with van der Waals surface area (Å²) in [6.45, 7) is 6.19. The van der Waals surface area contributed by atoms with E-state index in [1.165, 1.54) is 6.20 Å². The Hall–Kier alpha value is -3.08. The molecule has 1 atom stereocenters. The first-order valence-electron chi connectivity index (χ1n) is 10.0. The summed E-state index contributed by atoms with van der Waals surface area (Å²) < 4.78 is 45.7. The Morgan fingerprint density at radius 1 is 1.10 bits per heavy atom. The minimum Gasteiger partial charge on any atom is -0.354 e. The first-order valence-corrected chi connectivity index (χ1v) is 10.0. The predicted octanol–water partition coefficient (Wildman–Crippen LogP) is 3.39. The number of hydrogen-bond acceptors (Lipinski definition) is 8. The third-order valence-electron chi connectivity index (χ3n) is 5.24. The number of pyridine rings is 1. The van der Waals surface area contributed by atoms with Crippen molar-refractivity contribution < 1.29 is 17.7 Å². The number of hydrogen-bond donors (Lipinski definition) is 0. The molecule has 1 unspecified atom stereocenters. The normalized spacial score (nSPS) is 16.5. The number of rotatable bonds is 5. The zero-order chi connectivity index (χ0) is 22.0. The Labute approximate surface area is 177 Å². The van der Waals surface area contributed by atoms with Gasteiger partial charge in [-0.05, 0) is 19.1 Å². The molecule has 1 saturated heterocycles. The summed E-state index contributed by atoms with van der Waals surface area (Å²) in [5.41, 5.74) is -0.683. The fourth-order valence-electron chi connectivity index (χ4n) is 3.43. The highest BCUT2D eigenvalue weighted by molar-refractivity contribution is 5.54. The van der Waals surface area contributed by atoms with Crippen molar-refractivity contribution in [2.45, 2.75) is 32.5 Å². The highest BCUT2D eigenvalue weighted by atomic mass is 19.4. The summed E-state index contributed by atoms with van der Waals surface area (Å²) in [7, 11) is 0. The second-order valence-electron chi connectivity index (χ2n) is 7.25. The van der Waals surface area contributed by atoms with Crippen molar-refractivity contribution in [1.82, 2.24) is 30.0 Å². The van der Waals surface area contributed by atoms with E-state index < -0.39 is 11.9 Å². The van der Waals surface area contributed by atoms with Gasteiger partial charge in [-0.15, -0.1) is 0 Å². The van der Waals surface area contributed by atoms with E-state index in [4.69, 9.17) is 4.52 Å². The van der Waals surface area contributed by atoms with E-state index in [0.717, 1.165) is 6.07 Å². The van der Waals surface area contributed by atoms with Crippen LogP contribution in [0.2, 0.25) is 0 Å². The molecular weight excluding hydrogens is 411 g/mol. The van der Waals surface area contributed by atoms with E-state index in [-0.39, 0.29) is 17.7 Å². The maximum atomic E-state index is 13.5. The van der Waals surface area contributed by atoms with Gasteiger partial charge < -0.3 is 9.42 Å². The summed E-state index contributed by atoms with van der Waals surface area (Å²) in [5, 5.41) is 3.93. The molecule has 4 rings (SSSR count). The SMILES string of the molecule is CCc1noc(C(C)N2CCN(c3cc(C(F)(F)F)nc(-c4ccccn4)n3)CC2)n1. The molecule has 1 aliphatic heterocycles. The van der Waals surface area contributed by atoms with Crippen LogP contribution in [0.4, 0.5) is 19.0 Å². The molecule has 0 radical (unpaired) electrons. The average molecular weight is 433 g/mol. The van der Waals surface area contributed by atoms with Crippen LogP contribution in [0.3, 0.4) is 0 Å². The van der Waals surface area contributed by atoms with Gasteiger partial charge in [0.1, 0.15) is 11.5 Å². The lowest BCUT2D eigenvalue weighted by atomic mass is 10.2. The molecule has 8 nitrogen and oxygen atoms in total. The van der Waals surface area contributed by atoms with E-state index in [1.54, 1.807) is 18.2 Å². The van der Waals surface area contributed by atoms with Crippen LogP contribution < -0.4 is 4.90 Å². The molecule has 4 heterocycles. The number of halogens is 3. The number of nitrogens with zero attached hydrogens (tertiary/aromatic N) is 7. The van der Waals surface area contributed by atoms with Gasteiger partial charge >= 0.3 is 6.18 Å². The molecule has 0 spiro atoms. The monoisotopic (exact) mass is 433 g/mol. The number of aromatic nitrogens is 5. The summed E-state index contributed by atoms with van der Waals surface area (Å²) in [4.78, 5) is 20.5. The molecule has 3 aromatic rings. The zero-order valence-corrected chi connectivity index (χ0v) is 17.2. The number of piperazine rings is 1. The molecule has 0 aromatic carbocycles. The van der Waals surface area contributed by atoms with Gasteiger partial charge in [0.05, 0.1) is 6.04 Å². The van der Waals surface area contributed by atoms with Crippen LogP contribution in [0.25, 0.3) is 11.5 Å². The van der Waals surface area contributed by atoms with Crippen LogP contribution >= 0.6 is 0 Å². The van der Waals surface area contributed by atoms with Gasteiger partial charge in [-0.1, -0.05) is 18.1 Å². The number of alkyl halides is 3. The number of anilines is 1. The quantitative estimate of drug-likeness (QED) is 0.606. The van der Waals surface area contributed by atoms with Crippen molar-refractivity contribution in [3.63, 3.8) is 0 Å². The zero-order valence-electron chi connectivity index (χ0n) is 17.2. The maximum Gasteiger partial charge on any atom is 0.433 e. The fraction of sp³-hybridized carbons (Fsp3) is 0.450. The lowest BCUT2D eigenvalue weighted by molar-refractivity contribution is -0.141. The van der Waals surface area contributed by atoms with Crippen molar-refractivity contribution in [1.29, 1.82) is 0 Å². The van der Waals surface area contributed by atoms with Crippen LogP contribution in [-0.2, 0) is 12.6 Å². The Bertz CT molecular complexity index is 1020. The van der Waals surface area contributed by atoms with Gasteiger partial charge in [0.2, 0.25) is 5.89 Å². The van der Waals surface area contributed by atoms with Crippen molar-refractivity contribution in [2.75, 3.05) is 31.1 Å². The topological polar surface area (TPSA) is 84.1 Å². The van der Waals surface area contributed by atoms with Gasteiger partial charge in [-0.2, -0.15) is 18.2 Å².